The largest absolute Gasteiger partial charge is 0.480 e. The number of carboxylic acid groups (broad SMARTS) is 1. The second-order valence-electron chi connectivity index (χ2n) is 4.90. The van der Waals surface area contributed by atoms with Crippen molar-refractivity contribution in [3.63, 3.8) is 0 Å². The van der Waals surface area contributed by atoms with Crippen LogP contribution < -0.4 is 5.32 Å². The Balaban J connectivity index is 2.26. The number of rotatable bonds is 1. The van der Waals surface area contributed by atoms with E-state index in [0.717, 1.165) is 12.0 Å². The first-order valence-corrected chi connectivity index (χ1v) is 6.16. The Hall–Kier alpha value is -1.87. The normalized spacial score (nSPS) is 22.7. The number of carbonyl (C=O) groups is 1. The predicted octanol–water partition coefficient (Wildman–Crippen LogP) is 2.50. The fourth-order valence-corrected chi connectivity index (χ4v) is 2.79. The summed E-state index contributed by atoms with van der Waals surface area (Å²) in [6.45, 7) is 2.03. The molecule has 3 heteroatoms. The van der Waals surface area contributed by atoms with Crippen molar-refractivity contribution in [2.24, 2.45) is 0 Å². The molecule has 0 saturated carbocycles. The van der Waals surface area contributed by atoms with Crippen molar-refractivity contribution in [3.8, 4) is 0 Å². The molecule has 2 aromatic carbocycles. The molecule has 2 unspecified atom stereocenters. The lowest BCUT2D eigenvalue weighted by molar-refractivity contribution is -0.140. The summed E-state index contributed by atoms with van der Waals surface area (Å²) in [5.74, 6) is -0.807. The third-order valence-corrected chi connectivity index (χ3v) is 3.60. The number of benzene rings is 2. The van der Waals surface area contributed by atoms with Gasteiger partial charge in [-0.25, -0.2) is 0 Å². The number of fused-ring (bicyclic) bond motifs is 3. The van der Waals surface area contributed by atoms with Crippen molar-refractivity contribution in [3.05, 3.63) is 47.5 Å². The predicted molar refractivity (Wildman–Crippen MR) is 70.6 cm³/mol. The van der Waals surface area contributed by atoms with Crippen LogP contribution in [-0.2, 0) is 11.2 Å². The Morgan fingerprint density at radius 1 is 1.28 bits per heavy atom. The standard InChI is InChI=1S/C15H15NO2/c1-9-8-13-11-5-3-2-4-10(11)6-7-12(13)14(16-9)15(17)18/h2-7,9,14,16H,8H2,1H3,(H,17,18). The Labute approximate surface area is 105 Å². The van der Waals surface area contributed by atoms with E-state index in [1.807, 2.05) is 31.2 Å². The molecule has 18 heavy (non-hydrogen) atoms. The Bertz CT molecular complexity index is 621. The minimum Gasteiger partial charge on any atom is -0.480 e. The van der Waals surface area contributed by atoms with E-state index in [1.165, 1.54) is 16.3 Å². The minimum atomic E-state index is -0.807. The molecule has 1 aliphatic heterocycles. The number of hydrogen-bond donors (Lipinski definition) is 2. The first kappa shape index (κ1) is 11.2. The minimum absolute atomic E-state index is 0.185. The van der Waals surface area contributed by atoms with Gasteiger partial charge in [0.2, 0.25) is 0 Å². The Morgan fingerprint density at radius 2 is 2.06 bits per heavy atom. The molecule has 1 heterocycles. The van der Waals surface area contributed by atoms with Gasteiger partial charge in [-0.05, 0) is 35.2 Å². The van der Waals surface area contributed by atoms with Crippen LogP contribution in [0.4, 0.5) is 0 Å². The molecule has 0 saturated heterocycles. The van der Waals surface area contributed by atoms with E-state index in [1.54, 1.807) is 0 Å². The van der Waals surface area contributed by atoms with E-state index in [0.29, 0.717) is 0 Å². The molecule has 1 aliphatic rings. The summed E-state index contributed by atoms with van der Waals surface area (Å²) < 4.78 is 0. The zero-order valence-electron chi connectivity index (χ0n) is 10.2. The summed E-state index contributed by atoms with van der Waals surface area (Å²) in [5, 5.41) is 14.8. The number of nitrogens with one attached hydrogen (secondary N) is 1. The molecule has 3 rings (SSSR count). The summed E-state index contributed by atoms with van der Waals surface area (Å²) in [4.78, 5) is 11.3. The van der Waals surface area contributed by atoms with Gasteiger partial charge in [-0.15, -0.1) is 0 Å². The first-order chi connectivity index (χ1) is 8.66. The van der Waals surface area contributed by atoms with Crippen molar-refractivity contribution in [1.29, 1.82) is 0 Å². The molecule has 3 nitrogen and oxygen atoms in total. The molecule has 0 bridgehead atoms. The number of carboxylic acids is 1. The average molecular weight is 241 g/mol. The summed E-state index contributed by atoms with van der Waals surface area (Å²) in [5.41, 5.74) is 2.08. The van der Waals surface area contributed by atoms with Gasteiger partial charge >= 0.3 is 5.97 Å². The van der Waals surface area contributed by atoms with Crippen LogP contribution in [0.5, 0.6) is 0 Å². The van der Waals surface area contributed by atoms with Gasteiger partial charge < -0.3 is 5.11 Å². The van der Waals surface area contributed by atoms with Crippen molar-refractivity contribution in [1.82, 2.24) is 5.32 Å². The topological polar surface area (TPSA) is 49.3 Å². The first-order valence-electron chi connectivity index (χ1n) is 6.16. The summed E-state index contributed by atoms with van der Waals surface area (Å²) >= 11 is 0. The van der Waals surface area contributed by atoms with Crippen LogP contribution in [0.1, 0.15) is 24.1 Å². The smallest absolute Gasteiger partial charge is 0.325 e. The SMILES string of the molecule is CC1Cc2c(ccc3ccccc23)C(C(=O)O)N1. The molecule has 2 N–H and O–H groups in total. The summed E-state index contributed by atoms with van der Waals surface area (Å²) in [7, 11) is 0. The molecule has 2 atom stereocenters. The van der Waals surface area contributed by atoms with Crippen molar-refractivity contribution in [2.45, 2.75) is 25.4 Å². The highest BCUT2D eigenvalue weighted by Crippen LogP contribution is 2.31. The van der Waals surface area contributed by atoms with Crippen LogP contribution in [0, 0.1) is 0 Å². The van der Waals surface area contributed by atoms with Crippen molar-refractivity contribution in [2.75, 3.05) is 0 Å². The van der Waals surface area contributed by atoms with Gasteiger partial charge in [0.1, 0.15) is 6.04 Å². The Morgan fingerprint density at radius 3 is 2.83 bits per heavy atom. The van der Waals surface area contributed by atoms with Gasteiger partial charge in [0.25, 0.3) is 0 Å². The van der Waals surface area contributed by atoms with Gasteiger partial charge in [-0.2, -0.15) is 0 Å². The van der Waals surface area contributed by atoms with E-state index in [2.05, 4.69) is 17.4 Å². The molecule has 0 aromatic heterocycles. The molecule has 0 aliphatic carbocycles. The lowest BCUT2D eigenvalue weighted by Gasteiger charge is -2.29. The van der Waals surface area contributed by atoms with E-state index in [4.69, 9.17) is 0 Å². The molecule has 0 radical (unpaired) electrons. The molecule has 92 valence electrons. The third kappa shape index (κ3) is 1.68. The highest BCUT2D eigenvalue weighted by atomic mass is 16.4. The van der Waals surface area contributed by atoms with Crippen LogP contribution in [0.3, 0.4) is 0 Å². The van der Waals surface area contributed by atoms with Crippen LogP contribution in [0.15, 0.2) is 36.4 Å². The van der Waals surface area contributed by atoms with E-state index in [-0.39, 0.29) is 6.04 Å². The maximum Gasteiger partial charge on any atom is 0.325 e. The van der Waals surface area contributed by atoms with Crippen LogP contribution in [0.2, 0.25) is 0 Å². The van der Waals surface area contributed by atoms with Gasteiger partial charge in [-0.3, -0.25) is 10.1 Å². The third-order valence-electron chi connectivity index (χ3n) is 3.60. The van der Waals surface area contributed by atoms with Gasteiger partial charge in [-0.1, -0.05) is 36.4 Å². The van der Waals surface area contributed by atoms with Gasteiger partial charge in [0.15, 0.2) is 0 Å². The maximum absolute atomic E-state index is 11.3. The fraction of sp³-hybridized carbons (Fsp3) is 0.267. The maximum atomic E-state index is 11.3. The highest BCUT2D eigenvalue weighted by molar-refractivity contribution is 5.89. The fourth-order valence-electron chi connectivity index (χ4n) is 2.79. The zero-order valence-corrected chi connectivity index (χ0v) is 10.2. The van der Waals surface area contributed by atoms with Gasteiger partial charge in [0.05, 0.1) is 0 Å². The Kier molecular flexibility index (Phi) is 2.56. The second-order valence-corrected chi connectivity index (χ2v) is 4.90. The monoisotopic (exact) mass is 241 g/mol. The molecular weight excluding hydrogens is 226 g/mol. The number of hydrogen-bond acceptors (Lipinski definition) is 2. The van der Waals surface area contributed by atoms with Crippen LogP contribution in [-0.4, -0.2) is 17.1 Å². The van der Waals surface area contributed by atoms with Crippen molar-refractivity contribution >= 4 is 16.7 Å². The average Bonchev–Trinajstić information content (AvgIpc) is 2.37. The quantitative estimate of drug-likeness (QED) is 0.806. The second kappa shape index (κ2) is 4.10. The van der Waals surface area contributed by atoms with Crippen LogP contribution >= 0.6 is 0 Å². The van der Waals surface area contributed by atoms with Gasteiger partial charge in [0, 0.05) is 6.04 Å². The van der Waals surface area contributed by atoms with E-state index < -0.39 is 12.0 Å². The molecule has 0 amide bonds. The van der Waals surface area contributed by atoms with E-state index in [9.17, 15) is 9.90 Å². The lowest BCUT2D eigenvalue weighted by Crippen LogP contribution is -2.41. The molecule has 0 spiro atoms. The van der Waals surface area contributed by atoms with Crippen LogP contribution in [0.25, 0.3) is 10.8 Å². The number of aliphatic carboxylic acids is 1. The molecular formula is C15H15NO2. The lowest BCUT2D eigenvalue weighted by atomic mass is 9.87. The van der Waals surface area contributed by atoms with Crippen molar-refractivity contribution < 1.29 is 9.90 Å². The summed E-state index contributed by atoms with van der Waals surface area (Å²) in [6.07, 6.45) is 0.875. The molecule has 0 fully saturated rings. The molecule has 2 aromatic rings. The van der Waals surface area contributed by atoms with E-state index >= 15 is 0 Å². The zero-order chi connectivity index (χ0) is 12.7. The summed E-state index contributed by atoms with van der Waals surface area (Å²) in [6, 6.07) is 11.7. The highest BCUT2D eigenvalue weighted by Gasteiger charge is 2.29.